The molecule has 0 bridgehead atoms. The van der Waals surface area contributed by atoms with Crippen molar-refractivity contribution in [3.63, 3.8) is 0 Å². The highest BCUT2D eigenvalue weighted by atomic mass is 19.3. The summed E-state index contributed by atoms with van der Waals surface area (Å²) in [7, 11) is 0. The number of carbonyl (C=O) groups excluding carboxylic acids is 2. The third kappa shape index (κ3) is 6.13. The molecule has 0 aliphatic heterocycles. The summed E-state index contributed by atoms with van der Waals surface area (Å²) in [6.45, 7) is 6.05. The molecule has 2 rings (SSSR count). The van der Waals surface area contributed by atoms with Gasteiger partial charge >= 0.3 is 12.8 Å². The molecule has 0 unspecified atom stereocenters. The van der Waals surface area contributed by atoms with E-state index in [1.165, 1.54) is 26.1 Å². The third-order valence-corrected chi connectivity index (χ3v) is 4.54. The molecular weight excluding hydrogens is 406 g/mol. The van der Waals surface area contributed by atoms with E-state index in [-0.39, 0.29) is 24.0 Å². The summed E-state index contributed by atoms with van der Waals surface area (Å²) in [6, 6.07) is 1.32. The van der Waals surface area contributed by atoms with Gasteiger partial charge in [0.15, 0.2) is 0 Å². The Bertz CT molecular complexity index is 876. The molecule has 0 aliphatic carbocycles. The molecule has 0 saturated heterocycles. The van der Waals surface area contributed by atoms with Gasteiger partial charge in [-0.3, -0.25) is 9.67 Å². The molecule has 0 aliphatic rings. The second-order valence-electron chi connectivity index (χ2n) is 7.19. The third-order valence-electron chi connectivity index (χ3n) is 4.54. The van der Waals surface area contributed by atoms with Crippen LogP contribution in [0.1, 0.15) is 44.6 Å². The number of ether oxygens (including phenoxy) is 1. The van der Waals surface area contributed by atoms with Gasteiger partial charge in [0.25, 0.3) is 0 Å². The summed E-state index contributed by atoms with van der Waals surface area (Å²) in [5.41, 5.74) is 1.69. The molecule has 0 fully saturated rings. The van der Waals surface area contributed by atoms with E-state index >= 15 is 0 Å². The Morgan fingerprint density at radius 2 is 1.80 bits per heavy atom. The van der Waals surface area contributed by atoms with Crippen molar-refractivity contribution in [2.75, 3.05) is 0 Å². The first-order valence-electron chi connectivity index (χ1n) is 9.30. The largest absolute Gasteiger partial charge is 0.434 e. The molecule has 2 aromatic rings. The predicted molar refractivity (Wildman–Crippen MR) is 100 cm³/mol. The van der Waals surface area contributed by atoms with E-state index in [1.54, 1.807) is 4.68 Å². The average molecular weight is 431 g/mol. The van der Waals surface area contributed by atoms with Gasteiger partial charge in [0.1, 0.15) is 5.75 Å². The van der Waals surface area contributed by atoms with Crippen molar-refractivity contribution < 1.29 is 31.9 Å². The molecule has 0 saturated carbocycles. The quantitative estimate of drug-likeness (QED) is 0.567. The summed E-state index contributed by atoms with van der Waals surface area (Å²) in [5, 5.41) is 4.50. The lowest BCUT2D eigenvalue weighted by atomic mass is 9.88. The fourth-order valence-electron chi connectivity index (χ4n) is 3.00. The van der Waals surface area contributed by atoms with Crippen molar-refractivity contribution in [1.29, 1.82) is 0 Å². The summed E-state index contributed by atoms with van der Waals surface area (Å²) in [5.74, 6) is -0.0829. The van der Waals surface area contributed by atoms with E-state index < -0.39 is 18.5 Å². The maximum atomic E-state index is 13.2. The van der Waals surface area contributed by atoms with E-state index in [0.717, 1.165) is 11.3 Å². The number of hydrogen-bond acceptors (Lipinski definition) is 5. The topological polar surface area (TPSA) is 74.1 Å². The van der Waals surface area contributed by atoms with Crippen molar-refractivity contribution in [2.45, 2.75) is 67.0 Å². The summed E-state index contributed by atoms with van der Waals surface area (Å²) < 4.78 is 58.7. The highest BCUT2D eigenvalue weighted by molar-refractivity contribution is 5.70. The van der Waals surface area contributed by atoms with Gasteiger partial charge in [0.05, 0.1) is 17.0 Å². The van der Waals surface area contributed by atoms with Crippen LogP contribution in [0.4, 0.5) is 17.6 Å². The van der Waals surface area contributed by atoms with Crippen molar-refractivity contribution in [2.24, 2.45) is 5.41 Å². The van der Waals surface area contributed by atoms with Crippen molar-refractivity contribution >= 4 is 6.15 Å². The lowest BCUT2D eigenvalue weighted by Crippen LogP contribution is -2.25. The lowest BCUT2D eigenvalue weighted by Gasteiger charge is -2.23. The number of halogens is 4. The van der Waals surface area contributed by atoms with E-state index in [4.69, 9.17) is 14.3 Å². The van der Waals surface area contributed by atoms with E-state index in [0.29, 0.717) is 24.2 Å². The van der Waals surface area contributed by atoms with E-state index in [9.17, 15) is 17.6 Å². The van der Waals surface area contributed by atoms with Crippen LogP contribution in [0.15, 0.2) is 12.3 Å². The minimum atomic E-state index is -3.04. The van der Waals surface area contributed by atoms with Crippen LogP contribution in [0.25, 0.3) is 11.3 Å². The molecule has 0 spiro atoms. The first kappa shape index (κ1) is 25.3. The summed E-state index contributed by atoms with van der Waals surface area (Å²) >= 11 is 0. The van der Waals surface area contributed by atoms with Crippen LogP contribution in [0.3, 0.4) is 0 Å². The normalized spacial score (nSPS) is 11.3. The molecule has 30 heavy (non-hydrogen) atoms. The van der Waals surface area contributed by atoms with Crippen LogP contribution in [0, 0.1) is 12.3 Å². The molecule has 0 radical (unpaired) electrons. The van der Waals surface area contributed by atoms with Crippen LogP contribution in [0.5, 0.6) is 5.75 Å². The first-order chi connectivity index (χ1) is 14.0. The molecule has 0 aromatic carbocycles. The molecule has 2 heterocycles. The standard InChI is InChI=1S/C19H25F4N3O.CO2/c1-6-14-11(3)16(26(7-2)25-14)13-10-24-12(8-15(13)27-18(22)23)9-19(4,5)17(20)21;2-1-3/h8,10,17-18H,6-7,9H2,1-5H3;. The number of alkyl halides is 4. The fraction of sp³-hybridized carbons (Fsp3) is 0.550. The maximum absolute atomic E-state index is 13.2. The Hall–Kier alpha value is -2.74. The molecule has 0 N–H and O–H groups in total. The smallest absolute Gasteiger partial charge is 0.387 e. The van der Waals surface area contributed by atoms with Gasteiger partial charge in [-0.2, -0.15) is 23.5 Å². The summed E-state index contributed by atoms with van der Waals surface area (Å²) in [4.78, 5) is 20.5. The fourth-order valence-corrected chi connectivity index (χ4v) is 3.00. The Labute approximate surface area is 172 Å². The van der Waals surface area contributed by atoms with Crippen LogP contribution >= 0.6 is 0 Å². The summed E-state index contributed by atoms with van der Waals surface area (Å²) in [6.07, 6.45) is -0.263. The Balaban J connectivity index is 0.00000141. The maximum Gasteiger partial charge on any atom is 0.387 e. The second-order valence-corrected chi connectivity index (χ2v) is 7.19. The zero-order valence-electron chi connectivity index (χ0n) is 17.5. The van der Waals surface area contributed by atoms with Gasteiger partial charge in [0, 0.05) is 36.3 Å². The molecular formula is C20H25F4N3O3. The van der Waals surface area contributed by atoms with Gasteiger partial charge in [-0.05, 0) is 25.8 Å². The highest BCUT2D eigenvalue weighted by Gasteiger charge is 2.31. The van der Waals surface area contributed by atoms with Gasteiger partial charge in [-0.1, -0.05) is 20.8 Å². The van der Waals surface area contributed by atoms with Gasteiger partial charge in [0.2, 0.25) is 6.43 Å². The minimum Gasteiger partial charge on any atom is -0.434 e. The van der Waals surface area contributed by atoms with E-state index in [2.05, 4.69) is 10.1 Å². The van der Waals surface area contributed by atoms with E-state index in [1.807, 2.05) is 20.8 Å². The minimum absolute atomic E-state index is 0.0588. The number of hydrogen-bond donors (Lipinski definition) is 0. The van der Waals surface area contributed by atoms with Crippen molar-refractivity contribution in [3.05, 3.63) is 29.2 Å². The zero-order valence-corrected chi connectivity index (χ0v) is 17.5. The van der Waals surface area contributed by atoms with Gasteiger partial charge in [-0.15, -0.1) is 0 Å². The Kier molecular flexibility index (Phi) is 9.17. The first-order valence-corrected chi connectivity index (χ1v) is 9.30. The van der Waals surface area contributed by atoms with Crippen LogP contribution < -0.4 is 4.74 Å². The van der Waals surface area contributed by atoms with Gasteiger partial charge < -0.3 is 4.74 Å². The number of pyridine rings is 1. The van der Waals surface area contributed by atoms with Crippen molar-refractivity contribution in [3.8, 4) is 17.0 Å². The number of aryl methyl sites for hydroxylation is 2. The van der Waals surface area contributed by atoms with Gasteiger partial charge in [-0.25, -0.2) is 8.78 Å². The molecule has 0 amide bonds. The number of rotatable bonds is 8. The SMILES string of the molecule is CCc1nn(CC)c(-c2cnc(CC(C)(C)C(F)F)cc2OC(F)F)c1C.O=C=O. The predicted octanol–water partition coefficient (Wildman–Crippen LogP) is 4.69. The second kappa shape index (κ2) is 10.9. The molecule has 166 valence electrons. The number of nitrogens with zero attached hydrogens (tertiary/aromatic N) is 3. The monoisotopic (exact) mass is 431 g/mol. The molecule has 0 atom stereocenters. The Morgan fingerprint density at radius 3 is 2.27 bits per heavy atom. The molecule has 2 aromatic heterocycles. The van der Waals surface area contributed by atoms with Crippen LogP contribution in [0.2, 0.25) is 0 Å². The zero-order chi connectivity index (χ0) is 23.1. The average Bonchev–Trinajstić information content (AvgIpc) is 2.97. The van der Waals surface area contributed by atoms with Crippen LogP contribution in [-0.4, -0.2) is 34.0 Å². The Morgan fingerprint density at radius 1 is 1.20 bits per heavy atom. The highest BCUT2D eigenvalue weighted by Crippen LogP contribution is 2.36. The lowest BCUT2D eigenvalue weighted by molar-refractivity contribution is -0.191. The molecule has 6 nitrogen and oxygen atoms in total. The number of aromatic nitrogens is 3. The van der Waals surface area contributed by atoms with Crippen molar-refractivity contribution in [1.82, 2.24) is 14.8 Å². The van der Waals surface area contributed by atoms with Crippen LogP contribution in [-0.2, 0) is 29.0 Å². The molecule has 10 heteroatoms.